The number of hydrogen-bond acceptors (Lipinski definition) is 4. The molecule has 25 heavy (non-hydrogen) atoms. The number of benzene rings is 1. The smallest absolute Gasteiger partial charge is 0.262 e. The average molecular weight is 366 g/mol. The second-order valence-electron chi connectivity index (χ2n) is 5.93. The molecule has 1 aliphatic rings. The van der Waals surface area contributed by atoms with Gasteiger partial charge in [-0.05, 0) is 30.7 Å². The van der Waals surface area contributed by atoms with Crippen LogP contribution < -0.4 is 0 Å². The number of nitrogens with zero attached hydrogens (tertiary/aromatic N) is 4. The molecule has 1 saturated heterocycles. The van der Waals surface area contributed by atoms with Gasteiger partial charge in [0.25, 0.3) is 15.9 Å². The first-order chi connectivity index (χ1) is 11.9. The standard InChI is InChI=1S/C16H19FN4O3S/c1-19-11-15(18-12-19)25(23,24)21-8-2-7-20(9-10-21)16(22)13-3-5-14(17)6-4-13/h3-6,11-12H,2,7-10H2,1H3. The molecule has 1 aliphatic heterocycles. The van der Waals surface area contributed by atoms with E-state index in [9.17, 15) is 17.6 Å². The summed E-state index contributed by atoms with van der Waals surface area (Å²) in [6.07, 6.45) is 3.43. The molecule has 0 atom stereocenters. The van der Waals surface area contributed by atoms with Crippen LogP contribution in [0.3, 0.4) is 0 Å². The summed E-state index contributed by atoms with van der Waals surface area (Å²) in [5.41, 5.74) is 0.391. The predicted octanol–water partition coefficient (Wildman–Crippen LogP) is 1.10. The molecular weight excluding hydrogens is 347 g/mol. The van der Waals surface area contributed by atoms with Crippen molar-refractivity contribution in [2.75, 3.05) is 26.2 Å². The first kappa shape index (κ1) is 17.6. The molecule has 2 heterocycles. The molecule has 0 N–H and O–H groups in total. The quantitative estimate of drug-likeness (QED) is 0.815. The van der Waals surface area contributed by atoms with Crippen molar-refractivity contribution in [2.24, 2.45) is 7.05 Å². The largest absolute Gasteiger partial charge is 0.339 e. The molecule has 3 rings (SSSR count). The third kappa shape index (κ3) is 3.72. The monoisotopic (exact) mass is 366 g/mol. The highest BCUT2D eigenvalue weighted by Gasteiger charge is 2.30. The summed E-state index contributed by atoms with van der Waals surface area (Å²) < 4.78 is 41.2. The number of carbonyl (C=O) groups excluding carboxylic acids is 1. The van der Waals surface area contributed by atoms with Crippen molar-refractivity contribution in [2.45, 2.75) is 11.4 Å². The lowest BCUT2D eigenvalue weighted by atomic mass is 10.2. The highest BCUT2D eigenvalue weighted by molar-refractivity contribution is 7.89. The average Bonchev–Trinajstić information content (AvgIpc) is 2.88. The number of amides is 1. The second-order valence-corrected chi connectivity index (χ2v) is 7.82. The molecule has 0 radical (unpaired) electrons. The lowest BCUT2D eigenvalue weighted by Crippen LogP contribution is -2.37. The van der Waals surface area contributed by atoms with Crippen molar-refractivity contribution >= 4 is 15.9 Å². The van der Waals surface area contributed by atoms with Crippen LogP contribution in [0.1, 0.15) is 16.8 Å². The summed E-state index contributed by atoms with van der Waals surface area (Å²) in [7, 11) is -1.96. The number of aryl methyl sites for hydroxylation is 1. The molecular formula is C16H19FN4O3S. The summed E-state index contributed by atoms with van der Waals surface area (Å²) in [4.78, 5) is 18.0. The highest BCUT2D eigenvalue weighted by Crippen LogP contribution is 2.17. The van der Waals surface area contributed by atoms with E-state index < -0.39 is 15.8 Å². The fraction of sp³-hybridized carbons (Fsp3) is 0.375. The van der Waals surface area contributed by atoms with Crippen LogP contribution in [-0.2, 0) is 17.1 Å². The van der Waals surface area contributed by atoms with Crippen molar-refractivity contribution in [3.8, 4) is 0 Å². The molecule has 1 aromatic carbocycles. The van der Waals surface area contributed by atoms with Gasteiger partial charge < -0.3 is 9.47 Å². The van der Waals surface area contributed by atoms with Gasteiger partial charge in [0.15, 0.2) is 5.03 Å². The Morgan fingerprint density at radius 3 is 2.48 bits per heavy atom. The number of carbonyl (C=O) groups is 1. The van der Waals surface area contributed by atoms with E-state index in [1.165, 1.54) is 41.1 Å². The van der Waals surface area contributed by atoms with Crippen molar-refractivity contribution in [3.63, 3.8) is 0 Å². The van der Waals surface area contributed by atoms with Gasteiger partial charge in [0.2, 0.25) is 0 Å². The van der Waals surface area contributed by atoms with Crippen LogP contribution in [-0.4, -0.2) is 59.3 Å². The summed E-state index contributed by atoms with van der Waals surface area (Å²) in [5.74, 6) is -0.628. The van der Waals surface area contributed by atoms with E-state index in [4.69, 9.17) is 0 Å². The van der Waals surface area contributed by atoms with Crippen LogP contribution >= 0.6 is 0 Å². The third-order valence-electron chi connectivity index (χ3n) is 4.12. The Hall–Kier alpha value is -2.26. The summed E-state index contributed by atoms with van der Waals surface area (Å²) in [6, 6.07) is 5.35. The summed E-state index contributed by atoms with van der Waals surface area (Å²) >= 11 is 0. The Labute approximate surface area is 145 Å². The Bertz CT molecular complexity index is 864. The highest BCUT2D eigenvalue weighted by atomic mass is 32.2. The lowest BCUT2D eigenvalue weighted by molar-refractivity contribution is 0.0764. The second kappa shape index (κ2) is 6.93. The number of aromatic nitrogens is 2. The molecule has 0 unspecified atom stereocenters. The molecule has 1 fully saturated rings. The number of hydrogen-bond donors (Lipinski definition) is 0. The van der Waals surface area contributed by atoms with Gasteiger partial charge in [0.05, 0.1) is 6.33 Å². The van der Waals surface area contributed by atoms with Crippen LogP contribution in [0.15, 0.2) is 41.8 Å². The Balaban J connectivity index is 1.72. The van der Waals surface area contributed by atoms with E-state index in [1.54, 1.807) is 16.5 Å². The van der Waals surface area contributed by atoms with Gasteiger partial charge in [-0.25, -0.2) is 17.8 Å². The summed E-state index contributed by atoms with van der Waals surface area (Å²) in [5, 5.41) is 0.00770. The SMILES string of the molecule is Cn1cnc(S(=O)(=O)N2CCCN(C(=O)c3ccc(F)cc3)CC2)c1. The molecule has 0 bridgehead atoms. The first-order valence-electron chi connectivity index (χ1n) is 7.91. The first-order valence-corrected chi connectivity index (χ1v) is 9.35. The fourth-order valence-electron chi connectivity index (χ4n) is 2.77. The van der Waals surface area contributed by atoms with Crippen LogP contribution in [0.25, 0.3) is 0 Å². The lowest BCUT2D eigenvalue weighted by Gasteiger charge is -2.21. The zero-order valence-electron chi connectivity index (χ0n) is 13.8. The number of halogens is 1. The van der Waals surface area contributed by atoms with Crippen molar-refractivity contribution < 1.29 is 17.6 Å². The van der Waals surface area contributed by atoms with Crippen LogP contribution in [0.2, 0.25) is 0 Å². The maximum atomic E-state index is 13.0. The van der Waals surface area contributed by atoms with E-state index in [-0.39, 0.29) is 24.0 Å². The molecule has 0 saturated carbocycles. The molecule has 1 aromatic heterocycles. The normalized spacial score (nSPS) is 16.6. The van der Waals surface area contributed by atoms with Gasteiger partial charge in [-0.2, -0.15) is 4.31 Å². The van der Waals surface area contributed by atoms with Gasteiger partial charge in [-0.3, -0.25) is 4.79 Å². The molecule has 9 heteroatoms. The maximum absolute atomic E-state index is 13.0. The van der Waals surface area contributed by atoms with Gasteiger partial charge in [0.1, 0.15) is 5.82 Å². The molecule has 0 aliphatic carbocycles. The van der Waals surface area contributed by atoms with Crippen LogP contribution in [0.4, 0.5) is 4.39 Å². The summed E-state index contributed by atoms with van der Waals surface area (Å²) in [6.45, 7) is 1.25. The Morgan fingerprint density at radius 2 is 1.84 bits per heavy atom. The van der Waals surface area contributed by atoms with E-state index in [2.05, 4.69) is 4.98 Å². The van der Waals surface area contributed by atoms with Crippen molar-refractivity contribution in [3.05, 3.63) is 48.2 Å². The topological polar surface area (TPSA) is 75.5 Å². The molecule has 7 nitrogen and oxygen atoms in total. The van der Waals surface area contributed by atoms with Crippen molar-refractivity contribution in [1.29, 1.82) is 0 Å². The Morgan fingerprint density at radius 1 is 1.12 bits per heavy atom. The number of imidazole rings is 1. The van der Waals surface area contributed by atoms with Crippen molar-refractivity contribution in [1.82, 2.24) is 18.8 Å². The third-order valence-corrected chi connectivity index (χ3v) is 5.90. The van der Waals surface area contributed by atoms with E-state index in [0.717, 1.165) is 0 Å². The molecule has 2 aromatic rings. The number of sulfonamides is 1. The molecule has 134 valence electrons. The van der Waals surface area contributed by atoms with Gasteiger partial charge in [-0.15, -0.1) is 0 Å². The number of rotatable bonds is 3. The van der Waals surface area contributed by atoms with E-state index in [0.29, 0.717) is 25.1 Å². The fourth-order valence-corrected chi connectivity index (χ4v) is 4.20. The minimum atomic E-state index is -3.67. The zero-order chi connectivity index (χ0) is 18.0. The minimum Gasteiger partial charge on any atom is -0.339 e. The molecule has 0 spiro atoms. The Kier molecular flexibility index (Phi) is 4.87. The van der Waals surface area contributed by atoms with E-state index in [1.807, 2.05) is 0 Å². The predicted molar refractivity (Wildman–Crippen MR) is 88.9 cm³/mol. The zero-order valence-corrected chi connectivity index (χ0v) is 14.6. The van der Waals surface area contributed by atoms with Gasteiger partial charge >= 0.3 is 0 Å². The minimum absolute atomic E-state index is 0.00770. The molecule has 1 amide bonds. The van der Waals surface area contributed by atoms with Gasteiger partial charge in [-0.1, -0.05) is 0 Å². The van der Waals surface area contributed by atoms with Crippen LogP contribution in [0.5, 0.6) is 0 Å². The maximum Gasteiger partial charge on any atom is 0.262 e. The van der Waals surface area contributed by atoms with E-state index >= 15 is 0 Å². The van der Waals surface area contributed by atoms with Crippen LogP contribution in [0, 0.1) is 5.82 Å². The van der Waals surface area contributed by atoms with Gasteiger partial charge in [0, 0.05) is 45.0 Å².